The van der Waals surface area contributed by atoms with Crippen molar-refractivity contribution in [3.05, 3.63) is 0 Å². The molecule has 176 valence electrons. The molecule has 0 spiro atoms. The van der Waals surface area contributed by atoms with Crippen molar-refractivity contribution in [3.8, 4) is 0 Å². The minimum absolute atomic E-state index is 0.00843. The first-order valence-electron chi connectivity index (χ1n) is 10.6. The molecular formula is C20H33N3O6S2. The number of aliphatic hydroxyl groups is 1. The van der Waals surface area contributed by atoms with Crippen LogP contribution in [0.5, 0.6) is 0 Å². The Bertz CT molecular complexity index is 612. The lowest BCUT2D eigenvalue weighted by molar-refractivity contribution is -0.128. The molecule has 9 nitrogen and oxygen atoms in total. The molecule has 1 heterocycles. The maximum absolute atomic E-state index is 11.8. The molecule has 1 rings (SSSR count). The van der Waals surface area contributed by atoms with Crippen LogP contribution in [0.3, 0.4) is 0 Å². The van der Waals surface area contributed by atoms with E-state index in [9.17, 15) is 24.0 Å². The largest absolute Gasteiger partial charge is 0.395 e. The first-order valence-corrected chi connectivity index (χ1v) is 13.0. The highest BCUT2D eigenvalue weighted by Crippen LogP contribution is 2.39. The second kappa shape index (κ2) is 17.0. The van der Waals surface area contributed by atoms with Crippen LogP contribution in [0.4, 0.5) is 0 Å². The second-order valence-electron chi connectivity index (χ2n) is 7.28. The number of carbonyl (C=O) groups excluding carboxylic acids is 5. The van der Waals surface area contributed by atoms with Crippen molar-refractivity contribution in [1.82, 2.24) is 16.0 Å². The number of nitrogens with one attached hydrogen (secondary N) is 3. The minimum Gasteiger partial charge on any atom is -0.395 e. The number of aliphatic hydroxyl groups excluding tert-OH is 1. The van der Waals surface area contributed by atoms with Crippen LogP contribution in [-0.2, 0) is 24.0 Å². The van der Waals surface area contributed by atoms with Crippen LogP contribution in [0.1, 0.15) is 57.8 Å². The number of ketones is 2. The molecule has 3 amide bonds. The molecule has 1 aliphatic rings. The molecule has 0 bridgehead atoms. The Morgan fingerprint density at radius 1 is 0.774 bits per heavy atom. The Morgan fingerprint density at radius 3 is 1.90 bits per heavy atom. The molecule has 31 heavy (non-hydrogen) atoms. The quantitative estimate of drug-likeness (QED) is 0.178. The van der Waals surface area contributed by atoms with Gasteiger partial charge in [0.25, 0.3) is 0 Å². The third kappa shape index (κ3) is 14.9. The van der Waals surface area contributed by atoms with Crippen LogP contribution in [0, 0.1) is 0 Å². The van der Waals surface area contributed by atoms with Gasteiger partial charge in [-0.15, -0.1) is 0 Å². The lowest BCUT2D eigenvalue weighted by Gasteiger charge is -2.08. The number of unbranched alkanes of at least 4 members (excludes halogenated alkanes) is 1. The highest BCUT2D eigenvalue weighted by molar-refractivity contribution is 8.77. The number of hydrogen-bond acceptors (Lipinski definition) is 8. The molecule has 1 atom stereocenters. The lowest BCUT2D eigenvalue weighted by atomic mass is 10.1. The molecule has 1 fully saturated rings. The summed E-state index contributed by atoms with van der Waals surface area (Å²) in [5.41, 5.74) is 0. The summed E-state index contributed by atoms with van der Waals surface area (Å²) in [5.74, 6) is -0.253. The van der Waals surface area contributed by atoms with Gasteiger partial charge in [0.1, 0.15) is 0 Å². The molecule has 0 radical (unpaired) electrons. The molecule has 1 aliphatic heterocycles. The van der Waals surface area contributed by atoms with Gasteiger partial charge in [-0.25, -0.2) is 0 Å². The number of rotatable bonds is 17. The molecule has 4 N–H and O–H groups in total. The molecular weight excluding hydrogens is 442 g/mol. The van der Waals surface area contributed by atoms with Crippen LogP contribution >= 0.6 is 21.6 Å². The average molecular weight is 476 g/mol. The van der Waals surface area contributed by atoms with E-state index in [4.69, 9.17) is 5.11 Å². The van der Waals surface area contributed by atoms with E-state index in [1.54, 1.807) is 0 Å². The molecule has 0 aliphatic carbocycles. The maximum Gasteiger partial charge on any atom is 0.220 e. The van der Waals surface area contributed by atoms with Gasteiger partial charge in [-0.2, -0.15) is 0 Å². The number of amides is 3. The summed E-state index contributed by atoms with van der Waals surface area (Å²) in [7, 11) is 3.84. The molecule has 0 aromatic carbocycles. The first kappa shape index (κ1) is 27.4. The van der Waals surface area contributed by atoms with Gasteiger partial charge >= 0.3 is 0 Å². The molecule has 0 aromatic rings. The molecule has 0 saturated carbocycles. The van der Waals surface area contributed by atoms with Crippen LogP contribution in [0.25, 0.3) is 0 Å². The predicted octanol–water partition coefficient (Wildman–Crippen LogP) is 0.740. The van der Waals surface area contributed by atoms with Crippen LogP contribution in [0.2, 0.25) is 0 Å². The summed E-state index contributed by atoms with van der Waals surface area (Å²) < 4.78 is 0. The van der Waals surface area contributed by atoms with E-state index in [1.807, 2.05) is 21.6 Å². The van der Waals surface area contributed by atoms with Crippen molar-refractivity contribution in [2.45, 2.75) is 63.0 Å². The smallest absolute Gasteiger partial charge is 0.220 e. The summed E-state index contributed by atoms with van der Waals surface area (Å²) in [4.78, 5) is 58.4. The Balaban J connectivity index is 2.01. The van der Waals surface area contributed by atoms with Gasteiger partial charge in [-0.3, -0.25) is 24.0 Å². The van der Waals surface area contributed by atoms with Crippen molar-refractivity contribution in [2.75, 3.05) is 32.0 Å². The van der Waals surface area contributed by atoms with E-state index in [1.165, 1.54) is 12.2 Å². The summed E-state index contributed by atoms with van der Waals surface area (Å²) >= 11 is 0. The van der Waals surface area contributed by atoms with Gasteiger partial charge in [0.15, 0.2) is 11.6 Å². The number of Topliss-reactive ketones (excluding diaryl/α,β-unsaturated/α-hetero) is 2. The van der Waals surface area contributed by atoms with E-state index >= 15 is 0 Å². The Hall–Kier alpha value is -1.59. The molecule has 1 saturated heterocycles. The van der Waals surface area contributed by atoms with Gasteiger partial charge < -0.3 is 21.1 Å². The zero-order valence-corrected chi connectivity index (χ0v) is 19.4. The zero-order chi connectivity index (χ0) is 22.9. The van der Waals surface area contributed by atoms with Crippen LogP contribution in [0.15, 0.2) is 0 Å². The topological polar surface area (TPSA) is 142 Å². The predicted molar refractivity (Wildman–Crippen MR) is 122 cm³/mol. The van der Waals surface area contributed by atoms with E-state index in [0.29, 0.717) is 11.7 Å². The van der Waals surface area contributed by atoms with Crippen molar-refractivity contribution in [3.63, 3.8) is 0 Å². The number of carbonyl (C=O) groups is 5. The Morgan fingerprint density at radius 2 is 1.35 bits per heavy atom. The lowest BCUT2D eigenvalue weighted by Crippen LogP contribution is -2.32. The summed E-state index contributed by atoms with van der Waals surface area (Å²) in [6.07, 6.45) is 4.48. The average Bonchev–Trinajstić information content (AvgIpc) is 3.28. The highest BCUT2D eigenvalue weighted by Gasteiger charge is 2.16. The van der Waals surface area contributed by atoms with Crippen molar-refractivity contribution >= 4 is 50.9 Å². The standard InChI is InChI=1S/C20H33N3O6S2/c24-11-10-21-19(28)7-5-15(25)14-23-20(29)8-6-16(26)13-22-18(27)4-2-1-3-17-9-12-30-31-17/h17,24H,1-14H2,(H,21,28)(H,22,27)(H,23,29). The third-order valence-corrected chi connectivity index (χ3v) is 7.58. The summed E-state index contributed by atoms with van der Waals surface area (Å²) in [5, 5.41) is 16.7. The third-order valence-electron chi connectivity index (χ3n) is 4.57. The van der Waals surface area contributed by atoms with Crippen molar-refractivity contribution < 1.29 is 29.1 Å². The Kier molecular flexibility index (Phi) is 15.1. The van der Waals surface area contributed by atoms with E-state index in [0.717, 1.165) is 19.3 Å². The van der Waals surface area contributed by atoms with Crippen molar-refractivity contribution in [2.24, 2.45) is 0 Å². The first-order chi connectivity index (χ1) is 14.9. The molecule has 0 aromatic heterocycles. The van der Waals surface area contributed by atoms with E-state index in [-0.39, 0.29) is 75.3 Å². The molecule has 1 unspecified atom stereocenters. The highest BCUT2D eigenvalue weighted by atomic mass is 33.1. The maximum atomic E-state index is 11.8. The van der Waals surface area contributed by atoms with E-state index < -0.39 is 5.91 Å². The van der Waals surface area contributed by atoms with Gasteiger partial charge in [0.2, 0.25) is 17.7 Å². The fraction of sp³-hybridized carbons (Fsp3) is 0.750. The number of hydrogen-bond donors (Lipinski definition) is 4. The van der Waals surface area contributed by atoms with Crippen molar-refractivity contribution in [1.29, 1.82) is 0 Å². The van der Waals surface area contributed by atoms with Gasteiger partial charge in [0.05, 0.1) is 19.7 Å². The van der Waals surface area contributed by atoms with Crippen LogP contribution in [-0.4, -0.2) is 71.6 Å². The van der Waals surface area contributed by atoms with Gasteiger partial charge in [-0.1, -0.05) is 28.0 Å². The second-order valence-corrected chi connectivity index (χ2v) is 10.1. The Labute approximate surface area is 191 Å². The van der Waals surface area contributed by atoms with E-state index in [2.05, 4.69) is 16.0 Å². The SMILES string of the molecule is O=C(CCC(=O)NCC(=O)CCC(=O)NCCO)CNC(=O)CCCCC1CCSS1. The normalized spacial score (nSPS) is 15.3. The monoisotopic (exact) mass is 475 g/mol. The van der Waals surface area contributed by atoms with Crippen LogP contribution < -0.4 is 16.0 Å². The fourth-order valence-corrected chi connectivity index (χ4v) is 5.79. The summed E-state index contributed by atoms with van der Waals surface area (Å²) in [6, 6.07) is 0. The molecule has 11 heteroatoms. The fourth-order valence-electron chi connectivity index (χ4n) is 2.76. The zero-order valence-electron chi connectivity index (χ0n) is 17.8. The summed E-state index contributed by atoms with van der Waals surface area (Å²) in [6.45, 7) is -0.327. The van der Waals surface area contributed by atoms with Gasteiger partial charge in [-0.05, 0) is 19.3 Å². The minimum atomic E-state index is -0.430. The van der Waals surface area contributed by atoms with Gasteiger partial charge in [0, 0.05) is 49.7 Å².